The molecular formula is C11H18N2O4. The van der Waals surface area contributed by atoms with Gasteiger partial charge in [-0.2, -0.15) is 0 Å². The highest BCUT2D eigenvalue weighted by molar-refractivity contribution is 5.40. The normalized spacial score (nSPS) is 11.1. The summed E-state index contributed by atoms with van der Waals surface area (Å²) >= 11 is 0. The Morgan fingerprint density at radius 1 is 1.29 bits per heavy atom. The molecule has 6 nitrogen and oxygen atoms in total. The molecule has 0 radical (unpaired) electrons. The Kier molecular flexibility index (Phi) is 5.30. The largest absolute Gasteiger partial charge is 0.506 e. The highest BCUT2D eigenvalue weighted by Crippen LogP contribution is 2.23. The molecule has 6 heteroatoms. The number of rotatable bonds is 6. The summed E-state index contributed by atoms with van der Waals surface area (Å²) in [5.74, 6) is 0.0266. The van der Waals surface area contributed by atoms with Crippen LogP contribution >= 0.6 is 0 Å². The van der Waals surface area contributed by atoms with E-state index in [1.807, 2.05) is 0 Å². The lowest BCUT2D eigenvalue weighted by Gasteiger charge is -2.16. The molecule has 0 saturated carbocycles. The molecule has 96 valence electrons. The van der Waals surface area contributed by atoms with Crippen molar-refractivity contribution in [3.05, 3.63) is 23.0 Å². The number of hydrogen-bond acceptors (Lipinski definition) is 6. The molecule has 0 aliphatic carbocycles. The van der Waals surface area contributed by atoms with Gasteiger partial charge < -0.3 is 25.7 Å². The quantitative estimate of drug-likeness (QED) is 0.439. The second-order valence-corrected chi connectivity index (χ2v) is 3.80. The lowest BCUT2D eigenvalue weighted by molar-refractivity contribution is 0.169. The lowest BCUT2D eigenvalue weighted by atomic mass is 10.1. The van der Waals surface area contributed by atoms with Gasteiger partial charge in [0.1, 0.15) is 5.75 Å². The average molecular weight is 242 g/mol. The van der Waals surface area contributed by atoms with E-state index in [4.69, 9.17) is 15.3 Å². The van der Waals surface area contributed by atoms with Crippen molar-refractivity contribution in [3.63, 3.8) is 0 Å². The number of aliphatic hydroxyl groups is 3. The van der Waals surface area contributed by atoms with Crippen LogP contribution in [-0.4, -0.2) is 44.7 Å². The van der Waals surface area contributed by atoms with Crippen molar-refractivity contribution >= 4 is 0 Å². The smallest absolute Gasteiger partial charge is 0.141 e. The fourth-order valence-corrected chi connectivity index (χ4v) is 1.45. The van der Waals surface area contributed by atoms with Crippen molar-refractivity contribution in [1.29, 1.82) is 0 Å². The molecule has 17 heavy (non-hydrogen) atoms. The summed E-state index contributed by atoms with van der Waals surface area (Å²) < 4.78 is 0. The molecule has 1 aromatic rings. The second kappa shape index (κ2) is 6.51. The monoisotopic (exact) mass is 242 g/mol. The zero-order valence-electron chi connectivity index (χ0n) is 9.72. The standard InChI is InChI=1S/C11H18N2O4/c1-7-11(17)10(8(4-14)2-12-7)3-13-9(5-15)6-16/h2,9,13-17H,3-6H2,1H3. The molecule has 0 unspecified atom stereocenters. The molecule has 0 aliphatic rings. The summed E-state index contributed by atoms with van der Waals surface area (Å²) in [7, 11) is 0. The average Bonchev–Trinajstić information content (AvgIpc) is 2.35. The molecule has 0 amide bonds. The SMILES string of the molecule is Cc1ncc(CO)c(CNC(CO)CO)c1O. The molecule has 0 atom stereocenters. The topological polar surface area (TPSA) is 106 Å². The van der Waals surface area contributed by atoms with Crippen molar-refractivity contribution < 1.29 is 20.4 Å². The van der Waals surface area contributed by atoms with Gasteiger partial charge in [0, 0.05) is 23.9 Å². The zero-order valence-corrected chi connectivity index (χ0v) is 9.72. The van der Waals surface area contributed by atoms with Gasteiger partial charge in [-0.25, -0.2) is 0 Å². The Hall–Kier alpha value is -1.21. The van der Waals surface area contributed by atoms with Crippen molar-refractivity contribution in [3.8, 4) is 5.75 Å². The summed E-state index contributed by atoms with van der Waals surface area (Å²) in [4.78, 5) is 3.94. The van der Waals surface area contributed by atoms with E-state index in [1.54, 1.807) is 6.92 Å². The summed E-state index contributed by atoms with van der Waals surface area (Å²) in [5, 5.41) is 39.7. The van der Waals surface area contributed by atoms with E-state index in [0.29, 0.717) is 16.8 Å². The first kappa shape index (κ1) is 13.9. The minimum absolute atomic E-state index is 0.0266. The third kappa shape index (κ3) is 3.37. The van der Waals surface area contributed by atoms with E-state index in [0.717, 1.165) is 0 Å². The number of hydrogen-bond donors (Lipinski definition) is 5. The molecule has 5 N–H and O–H groups in total. The van der Waals surface area contributed by atoms with E-state index >= 15 is 0 Å². The fourth-order valence-electron chi connectivity index (χ4n) is 1.45. The summed E-state index contributed by atoms with van der Waals surface area (Å²) in [6.45, 7) is 1.29. The van der Waals surface area contributed by atoms with Gasteiger partial charge in [-0.05, 0) is 6.92 Å². The van der Waals surface area contributed by atoms with Gasteiger partial charge in [-0.15, -0.1) is 0 Å². The molecule has 0 aliphatic heterocycles. The summed E-state index contributed by atoms with van der Waals surface area (Å²) in [6, 6.07) is -0.450. The van der Waals surface area contributed by atoms with Crippen molar-refractivity contribution in [2.45, 2.75) is 26.1 Å². The number of aryl methyl sites for hydroxylation is 1. The number of aliphatic hydroxyl groups excluding tert-OH is 3. The number of aromatic nitrogens is 1. The Morgan fingerprint density at radius 2 is 1.94 bits per heavy atom. The van der Waals surface area contributed by atoms with Crippen LogP contribution in [0.4, 0.5) is 0 Å². The van der Waals surface area contributed by atoms with Crippen molar-refractivity contribution in [1.82, 2.24) is 10.3 Å². The first-order valence-corrected chi connectivity index (χ1v) is 5.36. The maximum atomic E-state index is 9.83. The zero-order chi connectivity index (χ0) is 12.8. The Balaban J connectivity index is 2.85. The van der Waals surface area contributed by atoms with E-state index in [2.05, 4.69) is 10.3 Å². The molecule has 0 bridgehead atoms. The van der Waals surface area contributed by atoms with Crippen LogP contribution in [-0.2, 0) is 13.2 Å². The minimum atomic E-state index is -0.450. The number of pyridine rings is 1. The molecule has 0 saturated heterocycles. The van der Waals surface area contributed by atoms with Gasteiger partial charge in [-0.1, -0.05) is 0 Å². The Bertz CT molecular complexity index is 367. The van der Waals surface area contributed by atoms with Crippen LogP contribution < -0.4 is 5.32 Å². The molecule has 0 aromatic carbocycles. The minimum Gasteiger partial charge on any atom is -0.506 e. The molecule has 1 aromatic heterocycles. The van der Waals surface area contributed by atoms with Gasteiger partial charge in [0.25, 0.3) is 0 Å². The number of aromatic hydroxyl groups is 1. The van der Waals surface area contributed by atoms with Crippen LogP contribution in [0.15, 0.2) is 6.20 Å². The van der Waals surface area contributed by atoms with Gasteiger partial charge in [0.05, 0.1) is 31.6 Å². The van der Waals surface area contributed by atoms with Crippen LogP contribution in [0, 0.1) is 6.92 Å². The highest BCUT2D eigenvalue weighted by atomic mass is 16.3. The van der Waals surface area contributed by atoms with Gasteiger partial charge in [-0.3, -0.25) is 4.98 Å². The van der Waals surface area contributed by atoms with E-state index in [9.17, 15) is 5.11 Å². The van der Waals surface area contributed by atoms with Crippen molar-refractivity contribution in [2.24, 2.45) is 0 Å². The van der Waals surface area contributed by atoms with E-state index in [1.165, 1.54) is 6.20 Å². The van der Waals surface area contributed by atoms with Crippen LogP contribution in [0.25, 0.3) is 0 Å². The third-order valence-corrected chi connectivity index (χ3v) is 2.61. The van der Waals surface area contributed by atoms with Gasteiger partial charge in [0.15, 0.2) is 0 Å². The molecule has 0 spiro atoms. The Morgan fingerprint density at radius 3 is 2.47 bits per heavy atom. The van der Waals surface area contributed by atoms with Crippen LogP contribution in [0.2, 0.25) is 0 Å². The predicted molar refractivity (Wildman–Crippen MR) is 61.4 cm³/mol. The number of nitrogens with one attached hydrogen (secondary N) is 1. The first-order valence-electron chi connectivity index (χ1n) is 5.36. The summed E-state index contributed by atoms with van der Waals surface area (Å²) in [6.07, 6.45) is 1.50. The molecule has 0 fully saturated rings. The van der Waals surface area contributed by atoms with E-state index in [-0.39, 0.29) is 32.1 Å². The highest BCUT2D eigenvalue weighted by Gasteiger charge is 2.13. The maximum absolute atomic E-state index is 9.83. The van der Waals surface area contributed by atoms with Crippen LogP contribution in [0.3, 0.4) is 0 Å². The van der Waals surface area contributed by atoms with Gasteiger partial charge in [0.2, 0.25) is 0 Å². The van der Waals surface area contributed by atoms with Crippen LogP contribution in [0.1, 0.15) is 16.8 Å². The first-order chi connectivity index (χ1) is 8.13. The fraction of sp³-hybridized carbons (Fsp3) is 0.545. The molecule has 1 rings (SSSR count). The number of nitrogens with zero attached hydrogens (tertiary/aromatic N) is 1. The van der Waals surface area contributed by atoms with E-state index < -0.39 is 6.04 Å². The van der Waals surface area contributed by atoms with Crippen LogP contribution in [0.5, 0.6) is 5.75 Å². The predicted octanol–water partition coefficient (Wildman–Crippen LogP) is -0.969. The second-order valence-electron chi connectivity index (χ2n) is 3.80. The summed E-state index contributed by atoms with van der Waals surface area (Å²) in [5.41, 5.74) is 1.53. The Labute approximate surface area is 99.6 Å². The molecule has 1 heterocycles. The third-order valence-electron chi connectivity index (χ3n) is 2.61. The van der Waals surface area contributed by atoms with Crippen molar-refractivity contribution in [2.75, 3.05) is 13.2 Å². The lowest BCUT2D eigenvalue weighted by Crippen LogP contribution is -2.35. The maximum Gasteiger partial charge on any atom is 0.141 e. The van der Waals surface area contributed by atoms with Gasteiger partial charge >= 0.3 is 0 Å². The molecular weight excluding hydrogens is 224 g/mol.